The maximum atomic E-state index is 12.0. The molecule has 82 valence electrons. The summed E-state index contributed by atoms with van der Waals surface area (Å²) in [5.41, 5.74) is 5.84. The second-order valence-corrected chi connectivity index (χ2v) is 3.61. The molecule has 15 heavy (non-hydrogen) atoms. The van der Waals surface area contributed by atoms with Gasteiger partial charge in [-0.05, 0) is 18.2 Å². The third-order valence-electron chi connectivity index (χ3n) is 1.62. The lowest BCUT2D eigenvalue weighted by Crippen LogP contribution is -2.03. The van der Waals surface area contributed by atoms with Crippen LogP contribution in [-0.2, 0) is 0 Å². The second-order valence-electron chi connectivity index (χ2n) is 2.70. The number of benzene rings is 1. The van der Waals surface area contributed by atoms with E-state index >= 15 is 0 Å². The van der Waals surface area contributed by atoms with Crippen LogP contribution in [0.4, 0.5) is 8.78 Å². The summed E-state index contributed by atoms with van der Waals surface area (Å²) in [6.45, 7) is -2.48. The summed E-state index contributed by atoms with van der Waals surface area (Å²) in [5, 5.41) is 0. The Morgan fingerprint density at radius 1 is 1.47 bits per heavy atom. The molecule has 0 atom stereocenters. The summed E-state index contributed by atoms with van der Waals surface area (Å²) in [6.07, 6.45) is 3.31. The molecule has 0 aromatic heterocycles. The molecule has 0 aliphatic rings. The molecule has 5 heteroatoms. The minimum Gasteiger partial charge on any atom is -0.434 e. The van der Waals surface area contributed by atoms with Crippen LogP contribution in [0.1, 0.15) is 5.56 Å². The van der Waals surface area contributed by atoms with Crippen molar-refractivity contribution in [1.82, 2.24) is 0 Å². The zero-order valence-electron chi connectivity index (χ0n) is 7.79. The average Bonchev–Trinajstić information content (AvgIpc) is 2.18. The largest absolute Gasteiger partial charge is 0.434 e. The molecule has 0 unspecified atom stereocenters. The van der Waals surface area contributed by atoms with E-state index in [-0.39, 0.29) is 5.75 Å². The summed E-state index contributed by atoms with van der Waals surface area (Å²) < 4.78 is 29.2. The van der Waals surface area contributed by atoms with E-state index in [9.17, 15) is 8.78 Å². The van der Waals surface area contributed by atoms with Crippen molar-refractivity contribution in [1.29, 1.82) is 0 Å². The van der Waals surface area contributed by atoms with Crippen molar-refractivity contribution in [3.8, 4) is 5.75 Å². The lowest BCUT2D eigenvalue weighted by molar-refractivity contribution is -0.0499. The number of halogens is 3. The minimum atomic E-state index is -2.82. The topological polar surface area (TPSA) is 35.2 Å². The van der Waals surface area contributed by atoms with Crippen molar-refractivity contribution in [3.05, 3.63) is 34.3 Å². The Hall–Kier alpha value is -0.940. The van der Waals surface area contributed by atoms with Gasteiger partial charge in [0, 0.05) is 16.6 Å². The smallest absolute Gasteiger partial charge is 0.387 e. The minimum absolute atomic E-state index is 0.137. The normalized spacial score (nSPS) is 11.3. The van der Waals surface area contributed by atoms with Gasteiger partial charge in [0.1, 0.15) is 5.75 Å². The highest BCUT2D eigenvalue weighted by atomic mass is 79.9. The average molecular weight is 278 g/mol. The van der Waals surface area contributed by atoms with Gasteiger partial charge in [-0.3, -0.25) is 0 Å². The number of hydrogen-bond acceptors (Lipinski definition) is 2. The van der Waals surface area contributed by atoms with Gasteiger partial charge >= 0.3 is 6.61 Å². The molecule has 2 nitrogen and oxygen atoms in total. The first-order valence-corrected chi connectivity index (χ1v) is 5.03. The SMILES string of the molecule is NCC=Cc1cc(Br)ccc1OC(F)F. The van der Waals surface area contributed by atoms with Gasteiger partial charge in [-0.2, -0.15) is 8.78 Å². The van der Waals surface area contributed by atoms with Gasteiger partial charge in [0.05, 0.1) is 0 Å². The molecular weight excluding hydrogens is 268 g/mol. The highest BCUT2D eigenvalue weighted by Gasteiger charge is 2.07. The van der Waals surface area contributed by atoms with Crippen molar-refractivity contribution in [2.75, 3.05) is 6.54 Å². The third-order valence-corrected chi connectivity index (χ3v) is 2.11. The summed E-state index contributed by atoms with van der Waals surface area (Å²) in [5.74, 6) is 0.137. The standard InChI is InChI=1S/C10H10BrF2NO/c11-8-3-4-9(15-10(12)13)7(6-8)2-1-5-14/h1-4,6,10H,5,14H2. The fourth-order valence-electron chi connectivity index (χ4n) is 1.05. The molecular formula is C10H10BrF2NO. The third kappa shape index (κ3) is 3.97. The molecule has 0 amide bonds. The van der Waals surface area contributed by atoms with E-state index in [4.69, 9.17) is 5.73 Å². The highest BCUT2D eigenvalue weighted by molar-refractivity contribution is 9.10. The van der Waals surface area contributed by atoms with E-state index in [1.165, 1.54) is 6.07 Å². The number of hydrogen-bond donors (Lipinski definition) is 1. The van der Waals surface area contributed by atoms with Crippen molar-refractivity contribution < 1.29 is 13.5 Å². The molecule has 0 aliphatic carbocycles. The van der Waals surface area contributed by atoms with Crippen LogP contribution in [0.2, 0.25) is 0 Å². The zero-order valence-corrected chi connectivity index (χ0v) is 9.38. The Kier molecular flexibility index (Phi) is 4.71. The first-order valence-electron chi connectivity index (χ1n) is 4.24. The molecule has 0 aliphatic heterocycles. The summed E-state index contributed by atoms with van der Waals surface area (Å²) in [7, 11) is 0. The maximum absolute atomic E-state index is 12.0. The van der Waals surface area contributed by atoms with Crippen LogP contribution in [0, 0.1) is 0 Å². The Morgan fingerprint density at radius 2 is 2.20 bits per heavy atom. The summed E-state index contributed by atoms with van der Waals surface area (Å²) in [6, 6.07) is 4.80. The van der Waals surface area contributed by atoms with Crippen LogP contribution in [0.5, 0.6) is 5.75 Å². The van der Waals surface area contributed by atoms with E-state index < -0.39 is 6.61 Å². The molecule has 0 saturated heterocycles. The number of ether oxygens (including phenoxy) is 1. The molecule has 1 rings (SSSR count). The van der Waals surface area contributed by atoms with E-state index in [0.717, 1.165) is 4.47 Å². The van der Waals surface area contributed by atoms with Crippen molar-refractivity contribution in [3.63, 3.8) is 0 Å². The van der Waals surface area contributed by atoms with Crippen LogP contribution in [0.25, 0.3) is 6.08 Å². The second kappa shape index (κ2) is 5.82. The number of nitrogens with two attached hydrogens (primary N) is 1. The molecule has 1 aromatic rings. The first-order chi connectivity index (χ1) is 7.13. The van der Waals surface area contributed by atoms with E-state index in [1.807, 2.05) is 0 Å². The maximum Gasteiger partial charge on any atom is 0.387 e. The van der Waals surface area contributed by atoms with Gasteiger partial charge in [-0.25, -0.2) is 0 Å². The molecule has 0 saturated carbocycles. The van der Waals surface area contributed by atoms with Crippen molar-refractivity contribution in [2.45, 2.75) is 6.61 Å². The molecule has 0 heterocycles. The van der Waals surface area contributed by atoms with Gasteiger partial charge in [-0.15, -0.1) is 0 Å². The van der Waals surface area contributed by atoms with E-state index in [1.54, 1.807) is 24.3 Å². The molecule has 0 radical (unpaired) electrons. The molecule has 0 bridgehead atoms. The lowest BCUT2D eigenvalue weighted by atomic mass is 10.2. The number of alkyl halides is 2. The fraction of sp³-hybridized carbons (Fsp3) is 0.200. The van der Waals surface area contributed by atoms with Crippen LogP contribution in [0.3, 0.4) is 0 Å². The molecule has 1 aromatic carbocycles. The predicted molar refractivity (Wildman–Crippen MR) is 58.9 cm³/mol. The fourth-order valence-corrected chi connectivity index (χ4v) is 1.43. The summed E-state index contributed by atoms with van der Waals surface area (Å²) >= 11 is 3.25. The van der Waals surface area contributed by atoms with Gasteiger partial charge in [-0.1, -0.05) is 28.1 Å². The van der Waals surface area contributed by atoms with Gasteiger partial charge in [0.25, 0.3) is 0 Å². The Morgan fingerprint density at radius 3 is 2.80 bits per heavy atom. The molecule has 2 N–H and O–H groups in total. The quantitative estimate of drug-likeness (QED) is 0.918. The monoisotopic (exact) mass is 277 g/mol. The van der Waals surface area contributed by atoms with E-state index in [2.05, 4.69) is 20.7 Å². The van der Waals surface area contributed by atoms with Gasteiger partial charge < -0.3 is 10.5 Å². The molecule has 0 fully saturated rings. The zero-order chi connectivity index (χ0) is 11.3. The van der Waals surface area contributed by atoms with Crippen molar-refractivity contribution >= 4 is 22.0 Å². The molecule has 0 spiro atoms. The Bertz CT molecular complexity index is 355. The van der Waals surface area contributed by atoms with Crippen LogP contribution in [-0.4, -0.2) is 13.2 Å². The van der Waals surface area contributed by atoms with Crippen LogP contribution in [0.15, 0.2) is 28.7 Å². The summed E-state index contributed by atoms with van der Waals surface area (Å²) in [4.78, 5) is 0. The first kappa shape index (κ1) is 12.1. The van der Waals surface area contributed by atoms with Crippen LogP contribution >= 0.6 is 15.9 Å². The highest BCUT2D eigenvalue weighted by Crippen LogP contribution is 2.25. The Balaban J connectivity index is 2.97. The van der Waals surface area contributed by atoms with Gasteiger partial charge in [0.2, 0.25) is 0 Å². The van der Waals surface area contributed by atoms with Crippen LogP contribution < -0.4 is 10.5 Å². The number of rotatable bonds is 4. The lowest BCUT2D eigenvalue weighted by Gasteiger charge is -2.08. The Labute approximate surface area is 94.9 Å². The predicted octanol–water partition coefficient (Wildman–Crippen LogP) is 3.02. The van der Waals surface area contributed by atoms with Crippen molar-refractivity contribution in [2.24, 2.45) is 5.73 Å². The van der Waals surface area contributed by atoms with E-state index in [0.29, 0.717) is 12.1 Å². The van der Waals surface area contributed by atoms with Gasteiger partial charge in [0.15, 0.2) is 0 Å².